The number of aromatic nitrogens is 1. The van der Waals surface area contributed by atoms with Crippen LogP contribution in [0.3, 0.4) is 0 Å². The van der Waals surface area contributed by atoms with Crippen LogP contribution >= 0.6 is 11.3 Å². The Morgan fingerprint density at radius 1 is 1.00 bits per heavy atom. The molecule has 2 nitrogen and oxygen atoms in total. The Morgan fingerprint density at radius 2 is 1.70 bits per heavy atom. The highest BCUT2D eigenvalue weighted by Crippen LogP contribution is 2.29. The van der Waals surface area contributed by atoms with Gasteiger partial charge >= 0.3 is 0 Å². The highest BCUT2D eigenvalue weighted by atomic mass is 32.1. The van der Waals surface area contributed by atoms with Crippen molar-refractivity contribution in [1.82, 2.24) is 0 Å². The molecule has 0 aliphatic rings. The summed E-state index contributed by atoms with van der Waals surface area (Å²) in [6.45, 7) is 2.14. The number of hydrogen-bond donors (Lipinski definition) is 0. The van der Waals surface area contributed by atoms with Crippen LogP contribution in [0.1, 0.15) is 5.56 Å². The molecule has 3 aromatic rings. The summed E-state index contributed by atoms with van der Waals surface area (Å²) in [6, 6.07) is 15.4. The molecule has 0 aliphatic carbocycles. The van der Waals surface area contributed by atoms with E-state index in [0.717, 1.165) is 0 Å². The summed E-state index contributed by atoms with van der Waals surface area (Å²) in [5.41, 5.74) is 5.12. The molecular formula is C17H19N2S+. The predicted molar refractivity (Wildman–Crippen MR) is 87.5 cm³/mol. The van der Waals surface area contributed by atoms with Crippen molar-refractivity contribution >= 4 is 27.2 Å². The van der Waals surface area contributed by atoms with Gasteiger partial charge in [-0.25, -0.2) is 0 Å². The molecule has 3 heteroatoms. The fourth-order valence-electron chi connectivity index (χ4n) is 2.41. The Balaban J connectivity index is 2.12. The van der Waals surface area contributed by atoms with E-state index in [-0.39, 0.29) is 0 Å². The van der Waals surface area contributed by atoms with Gasteiger partial charge in [0.15, 0.2) is 0 Å². The summed E-state index contributed by atoms with van der Waals surface area (Å²) in [5.74, 6) is 0. The number of fused-ring (bicyclic) bond motifs is 1. The van der Waals surface area contributed by atoms with Gasteiger partial charge in [0.05, 0.1) is 5.56 Å². The number of rotatable bonds is 2. The molecule has 0 saturated heterocycles. The third kappa shape index (κ3) is 2.18. The zero-order chi connectivity index (χ0) is 14.3. The van der Waals surface area contributed by atoms with Crippen LogP contribution in [0, 0.1) is 6.92 Å². The van der Waals surface area contributed by atoms with Crippen molar-refractivity contribution in [3.63, 3.8) is 0 Å². The molecule has 1 heterocycles. The van der Waals surface area contributed by atoms with Crippen LogP contribution in [0.4, 0.5) is 5.69 Å². The van der Waals surface area contributed by atoms with Gasteiger partial charge in [0.25, 0.3) is 5.01 Å². The van der Waals surface area contributed by atoms with Crippen molar-refractivity contribution in [3.05, 3.63) is 48.0 Å². The molecule has 0 bridgehead atoms. The topological polar surface area (TPSA) is 7.12 Å². The summed E-state index contributed by atoms with van der Waals surface area (Å²) in [7, 11) is 6.28. The lowest BCUT2D eigenvalue weighted by Crippen LogP contribution is -2.28. The van der Waals surface area contributed by atoms with Crippen LogP contribution in [0.5, 0.6) is 0 Å². The van der Waals surface area contributed by atoms with Gasteiger partial charge in [-0.05, 0) is 42.8 Å². The molecule has 2 aromatic carbocycles. The zero-order valence-electron chi connectivity index (χ0n) is 12.3. The standard InChI is InChI=1S/C17H19N2S/c1-12-5-10-16-15(11-12)19(4)17(20-16)13-6-8-14(9-7-13)18(2)3/h5-11H,1-4H3/q+1. The van der Waals surface area contributed by atoms with Gasteiger partial charge in [-0.3, -0.25) is 0 Å². The van der Waals surface area contributed by atoms with Gasteiger partial charge in [0.2, 0.25) is 5.52 Å². The monoisotopic (exact) mass is 283 g/mol. The Bertz CT molecular complexity index is 755. The summed E-state index contributed by atoms with van der Waals surface area (Å²) in [5, 5.41) is 1.30. The second-order valence-corrected chi connectivity index (χ2v) is 6.41. The first-order valence-electron chi connectivity index (χ1n) is 6.73. The van der Waals surface area contributed by atoms with Crippen LogP contribution < -0.4 is 9.47 Å². The van der Waals surface area contributed by atoms with Crippen molar-refractivity contribution < 1.29 is 4.57 Å². The number of anilines is 1. The quantitative estimate of drug-likeness (QED) is 0.649. The lowest BCUT2D eigenvalue weighted by atomic mass is 10.2. The number of benzene rings is 2. The Morgan fingerprint density at radius 3 is 2.35 bits per heavy atom. The molecule has 0 saturated carbocycles. The van der Waals surface area contributed by atoms with Crippen LogP contribution in [-0.2, 0) is 7.05 Å². The molecule has 3 rings (SSSR count). The number of hydrogen-bond acceptors (Lipinski definition) is 2. The minimum absolute atomic E-state index is 1.23. The first-order chi connectivity index (χ1) is 9.56. The summed E-state index contributed by atoms with van der Waals surface area (Å²) in [6.07, 6.45) is 0. The summed E-state index contributed by atoms with van der Waals surface area (Å²) >= 11 is 1.85. The number of thiazole rings is 1. The van der Waals surface area contributed by atoms with Gasteiger partial charge in [0, 0.05) is 25.8 Å². The molecule has 0 spiro atoms. The fraction of sp³-hybridized carbons (Fsp3) is 0.235. The smallest absolute Gasteiger partial charge is 0.269 e. The van der Waals surface area contributed by atoms with Gasteiger partial charge < -0.3 is 4.90 Å². The maximum Gasteiger partial charge on any atom is 0.269 e. The number of nitrogens with zero attached hydrogens (tertiary/aromatic N) is 2. The van der Waals surface area contributed by atoms with Crippen molar-refractivity contribution in [2.75, 3.05) is 19.0 Å². The van der Waals surface area contributed by atoms with E-state index in [1.165, 1.54) is 32.0 Å². The van der Waals surface area contributed by atoms with E-state index >= 15 is 0 Å². The lowest BCUT2D eigenvalue weighted by molar-refractivity contribution is -0.629. The SMILES string of the molecule is Cc1ccc2sc(-c3ccc(N(C)C)cc3)[n+](C)c2c1. The highest BCUT2D eigenvalue weighted by molar-refractivity contribution is 7.21. The van der Waals surface area contributed by atoms with E-state index in [4.69, 9.17) is 0 Å². The Hall–Kier alpha value is -1.87. The molecule has 0 atom stereocenters. The van der Waals surface area contributed by atoms with E-state index in [0.29, 0.717) is 0 Å². The Kier molecular flexibility index (Phi) is 3.22. The molecule has 0 unspecified atom stereocenters. The second-order valence-electron chi connectivity index (χ2n) is 5.38. The van der Waals surface area contributed by atoms with Crippen molar-refractivity contribution in [3.8, 4) is 10.6 Å². The predicted octanol–water partition coefficient (Wildman–Crippen LogP) is 3.77. The minimum Gasteiger partial charge on any atom is -0.378 e. The number of aryl methyl sites for hydroxylation is 2. The van der Waals surface area contributed by atoms with E-state index in [2.05, 4.69) is 80.0 Å². The third-order valence-electron chi connectivity index (χ3n) is 3.62. The highest BCUT2D eigenvalue weighted by Gasteiger charge is 2.18. The first-order valence-corrected chi connectivity index (χ1v) is 7.55. The molecule has 0 radical (unpaired) electrons. The third-order valence-corrected chi connectivity index (χ3v) is 4.89. The van der Waals surface area contributed by atoms with Gasteiger partial charge in [-0.2, -0.15) is 4.57 Å². The average molecular weight is 283 g/mol. The van der Waals surface area contributed by atoms with Crippen LogP contribution in [-0.4, -0.2) is 14.1 Å². The molecule has 0 aliphatic heterocycles. The second kappa shape index (κ2) is 4.91. The van der Waals surface area contributed by atoms with E-state index in [9.17, 15) is 0 Å². The normalized spacial score (nSPS) is 11.0. The molecule has 102 valence electrons. The molecule has 0 fully saturated rings. The van der Waals surface area contributed by atoms with Crippen molar-refractivity contribution in [2.45, 2.75) is 6.92 Å². The molecular weight excluding hydrogens is 264 g/mol. The van der Waals surface area contributed by atoms with Crippen LogP contribution in [0.2, 0.25) is 0 Å². The van der Waals surface area contributed by atoms with Gasteiger partial charge in [-0.1, -0.05) is 17.4 Å². The summed E-state index contributed by atoms with van der Waals surface area (Å²) < 4.78 is 3.63. The first kappa shape index (κ1) is 13.1. The van der Waals surface area contributed by atoms with E-state index in [1.54, 1.807) is 0 Å². The fourth-order valence-corrected chi connectivity index (χ4v) is 3.55. The van der Waals surface area contributed by atoms with Crippen LogP contribution in [0.15, 0.2) is 42.5 Å². The van der Waals surface area contributed by atoms with Gasteiger partial charge in [-0.15, -0.1) is 0 Å². The minimum atomic E-state index is 1.23. The lowest BCUT2D eigenvalue weighted by Gasteiger charge is -2.11. The maximum atomic E-state index is 2.29. The largest absolute Gasteiger partial charge is 0.378 e. The van der Waals surface area contributed by atoms with Crippen LogP contribution in [0.25, 0.3) is 20.8 Å². The summed E-state index contributed by atoms with van der Waals surface area (Å²) in [4.78, 5) is 2.12. The average Bonchev–Trinajstić information content (AvgIpc) is 2.76. The van der Waals surface area contributed by atoms with Crippen molar-refractivity contribution in [2.24, 2.45) is 7.05 Å². The van der Waals surface area contributed by atoms with Crippen molar-refractivity contribution in [1.29, 1.82) is 0 Å². The zero-order valence-corrected chi connectivity index (χ0v) is 13.2. The molecule has 20 heavy (non-hydrogen) atoms. The molecule has 0 N–H and O–H groups in total. The molecule has 1 aromatic heterocycles. The molecule has 0 amide bonds. The Labute approximate surface area is 123 Å². The maximum absolute atomic E-state index is 2.29. The van der Waals surface area contributed by atoms with Gasteiger partial charge in [0.1, 0.15) is 11.7 Å². The van der Waals surface area contributed by atoms with E-state index < -0.39 is 0 Å². The van der Waals surface area contributed by atoms with E-state index in [1.807, 2.05) is 11.3 Å².